The van der Waals surface area contributed by atoms with Crippen molar-refractivity contribution in [2.45, 2.75) is 19.3 Å². The van der Waals surface area contributed by atoms with Crippen LogP contribution in [0.1, 0.15) is 19.3 Å². The average molecular weight is 250 g/mol. The monoisotopic (exact) mass is 249 g/mol. The molecular formula is C10H16ClNO4. The molecule has 1 saturated carbocycles. The minimum Gasteiger partial charge on any atom is -0.481 e. The summed E-state index contributed by atoms with van der Waals surface area (Å²) in [4.78, 5) is 23.6. The number of nitrogens with zero attached hydrogens (tertiary/aromatic N) is 1. The number of fused-ring (bicyclic) bond motifs is 1. The van der Waals surface area contributed by atoms with Gasteiger partial charge in [0, 0.05) is 13.1 Å². The fourth-order valence-electron chi connectivity index (χ4n) is 3.05. The average Bonchev–Trinajstić information content (AvgIpc) is 2.58. The van der Waals surface area contributed by atoms with Crippen molar-refractivity contribution < 1.29 is 19.8 Å². The SMILES string of the molecule is Cl.O=C(O)CN1C[C@@H]2CCC[C@@]2(C(=O)O)C1. The van der Waals surface area contributed by atoms with Crippen LogP contribution in [0, 0.1) is 11.3 Å². The predicted molar refractivity (Wildman–Crippen MR) is 58.7 cm³/mol. The van der Waals surface area contributed by atoms with E-state index in [2.05, 4.69) is 0 Å². The molecular weight excluding hydrogens is 234 g/mol. The smallest absolute Gasteiger partial charge is 0.317 e. The van der Waals surface area contributed by atoms with Crippen molar-refractivity contribution in [1.29, 1.82) is 0 Å². The molecule has 2 aliphatic rings. The molecule has 0 aromatic rings. The Morgan fingerprint density at radius 3 is 2.56 bits per heavy atom. The number of aliphatic carboxylic acids is 2. The second-order valence-electron chi connectivity index (χ2n) is 4.61. The molecule has 1 heterocycles. The number of hydrogen-bond donors (Lipinski definition) is 2. The normalized spacial score (nSPS) is 33.1. The van der Waals surface area contributed by atoms with Crippen LogP contribution in [0.3, 0.4) is 0 Å². The molecule has 0 spiro atoms. The molecule has 16 heavy (non-hydrogen) atoms. The van der Waals surface area contributed by atoms with E-state index in [1.807, 2.05) is 0 Å². The molecule has 2 atom stereocenters. The van der Waals surface area contributed by atoms with Crippen molar-refractivity contribution in [2.24, 2.45) is 11.3 Å². The summed E-state index contributed by atoms with van der Waals surface area (Å²) in [6.07, 6.45) is 2.57. The fourth-order valence-corrected chi connectivity index (χ4v) is 3.05. The van der Waals surface area contributed by atoms with Gasteiger partial charge < -0.3 is 10.2 Å². The minimum absolute atomic E-state index is 0. The zero-order valence-electron chi connectivity index (χ0n) is 8.89. The molecule has 92 valence electrons. The highest BCUT2D eigenvalue weighted by Crippen LogP contribution is 2.48. The topological polar surface area (TPSA) is 77.8 Å². The maximum Gasteiger partial charge on any atom is 0.317 e. The first-order chi connectivity index (χ1) is 7.04. The van der Waals surface area contributed by atoms with Gasteiger partial charge in [-0.3, -0.25) is 14.5 Å². The molecule has 0 aromatic heterocycles. The Bertz CT molecular complexity index is 309. The van der Waals surface area contributed by atoms with Gasteiger partial charge in [-0.25, -0.2) is 0 Å². The second-order valence-corrected chi connectivity index (χ2v) is 4.61. The number of rotatable bonds is 3. The van der Waals surface area contributed by atoms with E-state index in [1.165, 1.54) is 0 Å². The van der Waals surface area contributed by atoms with Gasteiger partial charge in [0.2, 0.25) is 0 Å². The standard InChI is InChI=1S/C10H15NO4.ClH/c12-8(13)5-11-4-7-2-1-3-10(7,6-11)9(14)15;/h7H,1-6H2,(H,12,13)(H,14,15);1H/t7-,10+;/m0./s1. The summed E-state index contributed by atoms with van der Waals surface area (Å²) < 4.78 is 0. The van der Waals surface area contributed by atoms with E-state index in [9.17, 15) is 14.7 Å². The molecule has 2 fully saturated rings. The van der Waals surface area contributed by atoms with Crippen molar-refractivity contribution in [2.75, 3.05) is 19.6 Å². The summed E-state index contributed by atoms with van der Waals surface area (Å²) in [6.45, 7) is 0.990. The van der Waals surface area contributed by atoms with Gasteiger partial charge in [0.1, 0.15) is 0 Å². The van der Waals surface area contributed by atoms with E-state index < -0.39 is 17.4 Å². The van der Waals surface area contributed by atoms with E-state index in [0.29, 0.717) is 19.5 Å². The third kappa shape index (κ3) is 2.01. The zero-order chi connectivity index (χ0) is 11.1. The fraction of sp³-hybridized carbons (Fsp3) is 0.800. The Balaban J connectivity index is 0.00000128. The highest BCUT2D eigenvalue weighted by Gasteiger charge is 2.54. The number of carboxylic acids is 2. The summed E-state index contributed by atoms with van der Waals surface area (Å²) in [5.74, 6) is -1.48. The summed E-state index contributed by atoms with van der Waals surface area (Å²) in [5, 5.41) is 17.9. The highest BCUT2D eigenvalue weighted by molar-refractivity contribution is 5.85. The number of hydrogen-bond acceptors (Lipinski definition) is 3. The van der Waals surface area contributed by atoms with Gasteiger partial charge in [0.05, 0.1) is 12.0 Å². The molecule has 5 nitrogen and oxygen atoms in total. The number of carboxylic acid groups (broad SMARTS) is 2. The Labute approximate surface area is 99.8 Å². The molecule has 0 aromatic carbocycles. The number of carbonyl (C=O) groups is 2. The summed E-state index contributed by atoms with van der Waals surface area (Å²) in [5.41, 5.74) is -0.657. The first kappa shape index (κ1) is 13.3. The van der Waals surface area contributed by atoms with Crippen molar-refractivity contribution >= 4 is 24.3 Å². The van der Waals surface area contributed by atoms with Crippen LogP contribution in [0.15, 0.2) is 0 Å². The minimum atomic E-state index is -0.879. The lowest BCUT2D eigenvalue weighted by Crippen LogP contribution is -2.36. The van der Waals surface area contributed by atoms with E-state index in [-0.39, 0.29) is 24.9 Å². The summed E-state index contributed by atoms with van der Waals surface area (Å²) >= 11 is 0. The van der Waals surface area contributed by atoms with Crippen LogP contribution in [-0.4, -0.2) is 46.7 Å². The van der Waals surface area contributed by atoms with Gasteiger partial charge in [-0.05, 0) is 18.8 Å². The van der Waals surface area contributed by atoms with Crippen LogP contribution in [0.2, 0.25) is 0 Å². The Morgan fingerprint density at radius 1 is 1.38 bits per heavy atom. The molecule has 1 aliphatic carbocycles. The van der Waals surface area contributed by atoms with Crippen LogP contribution < -0.4 is 0 Å². The number of halogens is 1. The Hall–Kier alpha value is -0.810. The lowest BCUT2D eigenvalue weighted by atomic mass is 9.81. The van der Waals surface area contributed by atoms with Crippen LogP contribution in [-0.2, 0) is 9.59 Å². The second kappa shape index (κ2) is 4.59. The predicted octanol–water partition coefficient (Wildman–Crippen LogP) is 0.679. The lowest BCUT2D eigenvalue weighted by molar-refractivity contribution is -0.150. The van der Waals surface area contributed by atoms with Gasteiger partial charge in [0.15, 0.2) is 0 Å². The maximum atomic E-state index is 11.3. The molecule has 0 radical (unpaired) electrons. The molecule has 2 N–H and O–H groups in total. The molecule has 6 heteroatoms. The lowest BCUT2D eigenvalue weighted by Gasteiger charge is -2.22. The van der Waals surface area contributed by atoms with Gasteiger partial charge in [-0.15, -0.1) is 12.4 Å². The Morgan fingerprint density at radius 2 is 2.06 bits per heavy atom. The van der Waals surface area contributed by atoms with Crippen LogP contribution in [0.4, 0.5) is 0 Å². The number of likely N-dealkylation sites (tertiary alicyclic amines) is 1. The third-order valence-electron chi connectivity index (χ3n) is 3.73. The highest BCUT2D eigenvalue weighted by atomic mass is 35.5. The maximum absolute atomic E-state index is 11.3. The molecule has 0 bridgehead atoms. The quantitative estimate of drug-likeness (QED) is 0.769. The van der Waals surface area contributed by atoms with Gasteiger partial charge in [-0.2, -0.15) is 0 Å². The largest absolute Gasteiger partial charge is 0.481 e. The Kier molecular flexibility index (Phi) is 3.80. The first-order valence-corrected chi connectivity index (χ1v) is 5.22. The van der Waals surface area contributed by atoms with E-state index in [0.717, 1.165) is 12.8 Å². The molecule has 0 unspecified atom stereocenters. The van der Waals surface area contributed by atoms with E-state index >= 15 is 0 Å². The summed E-state index contributed by atoms with van der Waals surface area (Å²) in [6, 6.07) is 0. The first-order valence-electron chi connectivity index (χ1n) is 5.22. The van der Waals surface area contributed by atoms with Gasteiger partial charge >= 0.3 is 11.9 Å². The zero-order valence-corrected chi connectivity index (χ0v) is 9.70. The van der Waals surface area contributed by atoms with Gasteiger partial charge in [-0.1, -0.05) is 6.42 Å². The van der Waals surface area contributed by atoms with Crippen LogP contribution in [0.5, 0.6) is 0 Å². The van der Waals surface area contributed by atoms with Crippen molar-refractivity contribution in [3.8, 4) is 0 Å². The molecule has 1 aliphatic heterocycles. The van der Waals surface area contributed by atoms with Crippen molar-refractivity contribution in [1.82, 2.24) is 4.90 Å². The van der Waals surface area contributed by atoms with Gasteiger partial charge in [0.25, 0.3) is 0 Å². The van der Waals surface area contributed by atoms with Crippen LogP contribution in [0.25, 0.3) is 0 Å². The molecule has 0 amide bonds. The van der Waals surface area contributed by atoms with Crippen molar-refractivity contribution in [3.05, 3.63) is 0 Å². The third-order valence-corrected chi connectivity index (χ3v) is 3.73. The van der Waals surface area contributed by atoms with Crippen LogP contribution >= 0.6 is 12.4 Å². The summed E-state index contributed by atoms with van der Waals surface area (Å²) in [7, 11) is 0. The molecule has 1 saturated heterocycles. The molecule has 2 rings (SSSR count). The van der Waals surface area contributed by atoms with Crippen molar-refractivity contribution in [3.63, 3.8) is 0 Å². The van der Waals surface area contributed by atoms with E-state index in [4.69, 9.17) is 5.11 Å². The van der Waals surface area contributed by atoms with E-state index in [1.54, 1.807) is 4.90 Å².